The Morgan fingerprint density at radius 3 is 2.78 bits per heavy atom. The summed E-state index contributed by atoms with van der Waals surface area (Å²) in [6.07, 6.45) is 2.31. The van der Waals surface area contributed by atoms with Gasteiger partial charge in [0.1, 0.15) is 12.2 Å². The van der Waals surface area contributed by atoms with Crippen LogP contribution in [0.1, 0.15) is 25.2 Å². The molecule has 27 heavy (non-hydrogen) atoms. The number of hydrogen-bond donors (Lipinski definition) is 1. The zero-order valence-electron chi connectivity index (χ0n) is 15.2. The zero-order valence-corrected chi connectivity index (χ0v) is 16.0. The molecule has 1 atom stereocenters. The maximum atomic E-state index is 12.0. The topological polar surface area (TPSA) is 111 Å². The van der Waals surface area contributed by atoms with E-state index in [4.69, 9.17) is 9.26 Å². The van der Waals surface area contributed by atoms with Crippen molar-refractivity contribution in [1.82, 2.24) is 15.5 Å². The van der Waals surface area contributed by atoms with E-state index >= 15 is 0 Å². The van der Waals surface area contributed by atoms with Gasteiger partial charge >= 0.3 is 0 Å². The first-order valence-electron chi connectivity index (χ1n) is 8.89. The molecule has 1 aliphatic rings. The number of nitrogens with one attached hydrogen (secondary N) is 1. The second kappa shape index (κ2) is 8.51. The summed E-state index contributed by atoms with van der Waals surface area (Å²) in [6, 6.07) is 7.23. The lowest BCUT2D eigenvalue weighted by Crippen LogP contribution is -2.26. The average Bonchev–Trinajstić information content (AvgIpc) is 3.25. The number of carbonyl (C=O) groups is 1. The highest BCUT2D eigenvalue weighted by Gasteiger charge is 2.27. The molecule has 0 aliphatic carbocycles. The number of carbonyl (C=O) groups excluding carboxylic acids is 1. The molecule has 1 fully saturated rings. The van der Waals surface area contributed by atoms with E-state index in [-0.39, 0.29) is 35.6 Å². The van der Waals surface area contributed by atoms with Gasteiger partial charge in [-0.1, -0.05) is 5.16 Å². The van der Waals surface area contributed by atoms with Gasteiger partial charge in [-0.25, -0.2) is 8.42 Å². The van der Waals surface area contributed by atoms with Crippen molar-refractivity contribution in [3.05, 3.63) is 30.2 Å². The van der Waals surface area contributed by atoms with Crippen LogP contribution in [0.3, 0.4) is 0 Å². The van der Waals surface area contributed by atoms with E-state index in [1.54, 1.807) is 19.2 Å². The van der Waals surface area contributed by atoms with Crippen molar-refractivity contribution in [2.45, 2.75) is 25.7 Å². The van der Waals surface area contributed by atoms with Crippen LogP contribution in [-0.4, -0.2) is 49.6 Å². The van der Waals surface area contributed by atoms with Gasteiger partial charge in [0, 0.05) is 12.1 Å². The second-order valence-corrected chi connectivity index (χ2v) is 8.91. The van der Waals surface area contributed by atoms with Crippen LogP contribution in [0.25, 0.3) is 11.4 Å². The normalized spacial score (nSPS) is 18.3. The van der Waals surface area contributed by atoms with Gasteiger partial charge in [-0.05, 0) is 49.4 Å². The Morgan fingerprint density at radius 1 is 1.33 bits per heavy atom. The summed E-state index contributed by atoms with van der Waals surface area (Å²) in [5.74, 6) is 1.99. The molecule has 146 valence electrons. The standard InChI is InChI=1S/C18H23N3O5S/c1-25-15-6-4-14(5-7-15)18-20-17(26-21-18)11-16(22)19-9-2-3-13-8-10-27(23,24)12-13/h4-7,13H,2-3,8-12H2,1H3,(H,19,22). The van der Waals surface area contributed by atoms with E-state index < -0.39 is 9.84 Å². The van der Waals surface area contributed by atoms with E-state index in [1.807, 2.05) is 12.1 Å². The van der Waals surface area contributed by atoms with Gasteiger partial charge in [-0.15, -0.1) is 0 Å². The Labute approximate surface area is 158 Å². The summed E-state index contributed by atoms with van der Waals surface area (Å²) >= 11 is 0. The van der Waals surface area contributed by atoms with E-state index in [2.05, 4.69) is 15.5 Å². The van der Waals surface area contributed by atoms with Crippen LogP contribution in [0.5, 0.6) is 5.75 Å². The van der Waals surface area contributed by atoms with Crippen molar-refractivity contribution in [2.24, 2.45) is 5.92 Å². The maximum absolute atomic E-state index is 12.0. The number of hydrogen-bond acceptors (Lipinski definition) is 7. The molecular weight excluding hydrogens is 370 g/mol. The number of methoxy groups -OCH3 is 1. The molecule has 1 aliphatic heterocycles. The SMILES string of the molecule is COc1ccc(-c2noc(CC(=O)NCCCC3CCS(=O)(=O)C3)n2)cc1. The van der Waals surface area contributed by atoms with Crippen LogP contribution in [0, 0.1) is 5.92 Å². The Kier molecular flexibility index (Phi) is 6.10. The molecule has 1 N–H and O–H groups in total. The fourth-order valence-electron chi connectivity index (χ4n) is 3.10. The highest BCUT2D eigenvalue weighted by atomic mass is 32.2. The predicted molar refractivity (Wildman–Crippen MR) is 99.0 cm³/mol. The van der Waals surface area contributed by atoms with Crippen molar-refractivity contribution < 1.29 is 22.5 Å². The maximum Gasteiger partial charge on any atom is 0.236 e. The molecule has 0 bridgehead atoms. The third-order valence-corrected chi connectivity index (χ3v) is 6.40. The number of rotatable bonds is 8. The number of sulfone groups is 1. The number of benzene rings is 1. The molecule has 1 aromatic carbocycles. The van der Waals surface area contributed by atoms with Gasteiger partial charge in [0.25, 0.3) is 0 Å². The van der Waals surface area contributed by atoms with E-state index in [1.165, 1.54) is 0 Å². The van der Waals surface area contributed by atoms with Gasteiger partial charge < -0.3 is 14.6 Å². The van der Waals surface area contributed by atoms with Gasteiger partial charge in [-0.3, -0.25) is 4.79 Å². The Morgan fingerprint density at radius 2 is 2.11 bits per heavy atom. The van der Waals surface area contributed by atoms with Crippen molar-refractivity contribution in [1.29, 1.82) is 0 Å². The first kappa shape index (κ1) is 19.3. The van der Waals surface area contributed by atoms with Crippen molar-refractivity contribution in [3.63, 3.8) is 0 Å². The summed E-state index contributed by atoms with van der Waals surface area (Å²) < 4.78 is 33.1. The van der Waals surface area contributed by atoms with Crippen LogP contribution < -0.4 is 10.1 Å². The van der Waals surface area contributed by atoms with Crippen LogP contribution in [0.4, 0.5) is 0 Å². The minimum absolute atomic E-state index is 0.0148. The molecule has 0 spiro atoms. The highest BCUT2D eigenvalue weighted by molar-refractivity contribution is 7.91. The summed E-state index contributed by atoms with van der Waals surface area (Å²) in [4.78, 5) is 16.2. The van der Waals surface area contributed by atoms with Gasteiger partial charge in [0.2, 0.25) is 17.6 Å². The van der Waals surface area contributed by atoms with Crippen molar-refractivity contribution >= 4 is 15.7 Å². The molecular formula is C18H23N3O5S. The molecule has 0 radical (unpaired) electrons. The first-order valence-corrected chi connectivity index (χ1v) is 10.7. The Bertz CT molecular complexity index is 877. The number of nitrogens with zero attached hydrogens (tertiary/aromatic N) is 2. The van der Waals surface area contributed by atoms with Crippen LogP contribution in [-0.2, 0) is 21.1 Å². The van der Waals surface area contributed by atoms with Crippen LogP contribution >= 0.6 is 0 Å². The molecule has 2 heterocycles. The molecule has 0 saturated carbocycles. The van der Waals surface area contributed by atoms with Gasteiger partial charge in [0.05, 0.1) is 18.6 Å². The fourth-order valence-corrected chi connectivity index (χ4v) is 5.01. The summed E-state index contributed by atoms with van der Waals surface area (Å²) in [7, 11) is -1.24. The molecule has 3 rings (SSSR count). The van der Waals surface area contributed by atoms with Crippen molar-refractivity contribution in [3.8, 4) is 17.1 Å². The number of aromatic nitrogens is 2. The lowest BCUT2D eigenvalue weighted by molar-refractivity contribution is -0.120. The second-order valence-electron chi connectivity index (χ2n) is 6.68. The summed E-state index contributed by atoms with van der Waals surface area (Å²) in [5.41, 5.74) is 0.776. The number of amides is 1. The molecule has 1 unspecified atom stereocenters. The Balaban J connectivity index is 1.41. The van der Waals surface area contributed by atoms with E-state index in [9.17, 15) is 13.2 Å². The van der Waals surface area contributed by atoms with Gasteiger partial charge in [0.15, 0.2) is 9.84 Å². The minimum Gasteiger partial charge on any atom is -0.497 e. The highest BCUT2D eigenvalue weighted by Crippen LogP contribution is 2.22. The monoisotopic (exact) mass is 393 g/mol. The lowest BCUT2D eigenvalue weighted by Gasteiger charge is -2.07. The smallest absolute Gasteiger partial charge is 0.236 e. The first-order chi connectivity index (χ1) is 12.9. The molecule has 9 heteroatoms. The van der Waals surface area contributed by atoms with Crippen LogP contribution in [0.15, 0.2) is 28.8 Å². The quantitative estimate of drug-likeness (QED) is 0.678. The fraction of sp³-hybridized carbons (Fsp3) is 0.500. The number of ether oxygens (including phenoxy) is 1. The average molecular weight is 393 g/mol. The summed E-state index contributed by atoms with van der Waals surface area (Å²) in [5, 5.41) is 6.70. The largest absolute Gasteiger partial charge is 0.497 e. The van der Waals surface area contributed by atoms with E-state index in [0.717, 1.165) is 30.6 Å². The summed E-state index contributed by atoms with van der Waals surface area (Å²) in [6.45, 7) is 0.509. The van der Waals surface area contributed by atoms with Gasteiger partial charge in [-0.2, -0.15) is 4.98 Å². The molecule has 1 saturated heterocycles. The predicted octanol–water partition coefficient (Wildman–Crippen LogP) is 1.62. The third-order valence-electron chi connectivity index (χ3n) is 4.57. The zero-order chi connectivity index (χ0) is 19.3. The van der Waals surface area contributed by atoms with Crippen LogP contribution in [0.2, 0.25) is 0 Å². The van der Waals surface area contributed by atoms with E-state index in [0.29, 0.717) is 12.4 Å². The molecule has 8 nitrogen and oxygen atoms in total. The minimum atomic E-state index is -2.84. The third kappa shape index (κ3) is 5.53. The van der Waals surface area contributed by atoms with Crippen molar-refractivity contribution in [2.75, 3.05) is 25.2 Å². The lowest BCUT2D eigenvalue weighted by atomic mass is 10.0. The Hall–Kier alpha value is -2.42. The molecule has 1 amide bonds. The molecule has 1 aromatic heterocycles. The molecule has 2 aromatic rings.